The fraction of sp³-hybridized carbons (Fsp3) is 0.350. The van der Waals surface area contributed by atoms with E-state index in [2.05, 4.69) is 21.2 Å². The number of nitrogens with zero attached hydrogens (tertiary/aromatic N) is 2. The van der Waals surface area contributed by atoms with Crippen LogP contribution in [0.5, 0.6) is 0 Å². The van der Waals surface area contributed by atoms with Gasteiger partial charge < -0.3 is 10.2 Å². The Morgan fingerprint density at radius 1 is 1.30 bits per heavy atom. The van der Waals surface area contributed by atoms with Gasteiger partial charge in [0.15, 0.2) is 0 Å². The Morgan fingerprint density at radius 2 is 2.04 bits per heavy atom. The molecule has 5 nitrogen and oxygen atoms in total. The van der Waals surface area contributed by atoms with E-state index >= 15 is 0 Å². The number of aliphatic imine (C=N–C) groups is 1. The summed E-state index contributed by atoms with van der Waals surface area (Å²) in [5.74, 6) is -0.274. The molecule has 1 aliphatic heterocycles. The Hall–Kier alpha value is -1.99. The molecule has 2 amide bonds. The Kier molecular flexibility index (Phi) is 6.11. The third kappa shape index (κ3) is 4.47. The SMILES string of the molecule is CCCNC(=O)CN1C(=O)CC(c2ccc(Br)s2)=Nc2cc(C)c(C)cc21. The van der Waals surface area contributed by atoms with Gasteiger partial charge in [-0.2, -0.15) is 0 Å². The summed E-state index contributed by atoms with van der Waals surface area (Å²) in [6.45, 7) is 6.63. The third-order valence-electron chi connectivity index (χ3n) is 4.49. The molecule has 0 spiro atoms. The van der Waals surface area contributed by atoms with Gasteiger partial charge in [-0.15, -0.1) is 11.3 Å². The fourth-order valence-electron chi connectivity index (χ4n) is 2.90. The van der Waals surface area contributed by atoms with Gasteiger partial charge in [0, 0.05) is 6.54 Å². The molecule has 1 aromatic carbocycles. The zero-order valence-corrected chi connectivity index (χ0v) is 18.0. The molecule has 2 aromatic rings. The topological polar surface area (TPSA) is 61.8 Å². The first-order valence-electron chi connectivity index (χ1n) is 8.90. The van der Waals surface area contributed by atoms with Gasteiger partial charge in [0.05, 0.1) is 32.2 Å². The molecule has 1 N–H and O–H groups in total. The summed E-state index contributed by atoms with van der Waals surface area (Å²) >= 11 is 5.02. The number of carbonyl (C=O) groups is 2. The summed E-state index contributed by atoms with van der Waals surface area (Å²) in [4.78, 5) is 32.7. The van der Waals surface area contributed by atoms with Crippen molar-refractivity contribution in [3.8, 4) is 0 Å². The van der Waals surface area contributed by atoms with E-state index in [9.17, 15) is 9.59 Å². The van der Waals surface area contributed by atoms with Gasteiger partial charge in [0.2, 0.25) is 11.8 Å². The normalized spacial score (nSPS) is 13.9. The number of anilines is 1. The molecule has 27 heavy (non-hydrogen) atoms. The lowest BCUT2D eigenvalue weighted by atomic mass is 10.1. The quantitative estimate of drug-likeness (QED) is 0.732. The second-order valence-corrected chi connectivity index (χ2v) is 9.06. The number of aryl methyl sites for hydroxylation is 2. The number of hydrogen-bond donors (Lipinski definition) is 1. The van der Waals surface area contributed by atoms with Gasteiger partial charge in [0.1, 0.15) is 6.54 Å². The van der Waals surface area contributed by atoms with Crippen LogP contribution >= 0.6 is 27.3 Å². The molecule has 0 saturated heterocycles. The lowest BCUT2D eigenvalue weighted by Gasteiger charge is -2.23. The molecule has 2 heterocycles. The smallest absolute Gasteiger partial charge is 0.240 e. The van der Waals surface area contributed by atoms with Gasteiger partial charge in [-0.25, -0.2) is 4.99 Å². The van der Waals surface area contributed by atoms with Crippen LogP contribution in [-0.2, 0) is 9.59 Å². The molecule has 3 rings (SSSR count). The molecule has 0 bridgehead atoms. The number of hydrogen-bond acceptors (Lipinski definition) is 4. The number of nitrogens with one attached hydrogen (secondary N) is 1. The zero-order valence-electron chi connectivity index (χ0n) is 15.6. The lowest BCUT2D eigenvalue weighted by Crippen LogP contribution is -2.41. The highest BCUT2D eigenvalue weighted by Crippen LogP contribution is 2.36. The Balaban J connectivity index is 2.02. The first-order valence-corrected chi connectivity index (χ1v) is 10.5. The van der Waals surface area contributed by atoms with Crippen LogP contribution in [0.15, 0.2) is 33.0 Å². The number of rotatable bonds is 5. The van der Waals surface area contributed by atoms with Gasteiger partial charge in [0.25, 0.3) is 0 Å². The van der Waals surface area contributed by atoms with Crippen molar-refractivity contribution < 1.29 is 9.59 Å². The van der Waals surface area contributed by atoms with E-state index in [0.717, 1.165) is 37.6 Å². The lowest BCUT2D eigenvalue weighted by molar-refractivity contribution is -0.123. The van der Waals surface area contributed by atoms with E-state index in [1.807, 2.05) is 45.0 Å². The van der Waals surface area contributed by atoms with Crippen molar-refractivity contribution in [1.82, 2.24) is 5.32 Å². The maximum Gasteiger partial charge on any atom is 0.240 e. The summed E-state index contributed by atoms with van der Waals surface area (Å²) < 4.78 is 0.994. The monoisotopic (exact) mass is 447 g/mol. The summed E-state index contributed by atoms with van der Waals surface area (Å²) in [7, 11) is 0. The average molecular weight is 448 g/mol. The molecule has 0 radical (unpaired) electrons. The van der Waals surface area contributed by atoms with Crippen LogP contribution in [0.4, 0.5) is 11.4 Å². The molecule has 0 fully saturated rings. The van der Waals surface area contributed by atoms with Crippen LogP contribution < -0.4 is 10.2 Å². The number of benzene rings is 1. The second-order valence-electron chi connectivity index (χ2n) is 6.59. The van der Waals surface area contributed by atoms with E-state index in [1.54, 1.807) is 16.2 Å². The number of halogens is 1. The molecular formula is C20H22BrN3O2S. The molecule has 1 aromatic heterocycles. The van der Waals surface area contributed by atoms with E-state index in [0.29, 0.717) is 12.2 Å². The minimum Gasteiger partial charge on any atom is -0.355 e. The molecule has 142 valence electrons. The predicted octanol–water partition coefficient (Wildman–Crippen LogP) is 4.51. The summed E-state index contributed by atoms with van der Waals surface area (Å²) in [6, 6.07) is 7.86. The summed E-state index contributed by atoms with van der Waals surface area (Å²) in [6.07, 6.45) is 1.02. The molecule has 0 atom stereocenters. The zero-order chi connectivity index (χ0) is 19.6. The van der Waals surface area contributed by atoms with Crippen LogP contribution in [0.25, 0.3) is 0 Å². The van der Waals surface area contributed by atoms with Crippen LogP contribution in [0.3, 0.4) is 0 Å². The largest absolute Gasteiger partial charge is 0.355 e. The van der Waals surface area contributed by atoms with E-state index in [-0.39, 0.29) is 24.8 Å². The number of carbonyl (C=O) groups excluding carboxylic acids is 2. The van der Waals surface area contributed by atoms with E-state index in [4.69, 9.17) is 4.99 Å². The van der Waals surface area contributed by atoms with Crippen molar-refractivity contribution >= 4 is 56.2 Å². The molecule has 0 saturated carbocycles. The van der Waals surface area contributed by atoms with Crippen LogP contribution in [0.1, 0.15) is 35.8 Å². The van der Waals surface area contributed by atoms with Crippen molar-refractivity contribution in [2.24, 2.45) is 4.99 Å². The predicted molar refractivity (Wildman–Crippen MR) is 114 cm³/mol. The Labute approximate surface area is 171 Å². The first-order chi connectivity index (χ1) is 12.9. The molecule has 0 unspecified atom stereocenters. The van der Waals surface area contributed by atoms with E-state index in [1.165, 1.54) is 0 Å². The average Bonchev–Trinajstić information content (AvgIpc) is 3.01. The van der Waals surface area contributed by atoms with Gasteiger partial charge in [-0.05, 0) is 71.6 Å². The Bertz CT molecular complexity index is 920. The molecular weight excluding hydrogens is 426 g/mol. The fourth-order valence-corrected chi connectivity index (χ4v) is 4.27. The standard InChI is InChI=1S/C20H22BrN3O2S/c1-4-7-22-19(25)11-24-16-9-13(3)12(2)8-14(16)23-15(10-20(24)26)17-5-6-18(21)27-17/h5-6,8-9H,4,7,10-11H2,1-3H3,(H,22,25). The van der Waals surface area contributed by atoms with Crippen molar-refractivity contribution in [1.29, 1.82) is 0 Å². The van der Waals surface area contributed by atoms with Gasteiger partial charge in [-0.3, -0.25) is 9.59 Å². The molecule has 7 heteroatoms. The summed E-state index contributed by atoms with van der Waals surface area (Å²) in [5.41, 5.74) is 4.33. The highest BCUT2D eigenvalue weighted by molar-refractivity contribution is 9.11. The summed E-state index contributed by atoms with van der Waals surface area (Å²) in [5, 5.41) is 2.85. The van der Waals surface area contributed by atoms with Crippen molar-refractivity contribution in [2.45, 2.75) is 33.6 Å². The van der Waals surface area contributed by atoms with Crippen molar-refractivity contribution in [3.63, 3.8) is 0 Å². The van der Waals surface area contributed by atoms with E-state index < -0.39 is 0 Å². The van der Waals surface area contributed by atoms with Gasteiger partial charge >= 0.3 is 0 Å². The minimum absolute atomic E-state index is 0.00523. The highest BCUT2D eigenvalue weighted by atomic mass is 79.9. The van der Waals surface area contributed by atoms with Crippen LogP contribution in [-0.4, -0.2) is 30.6 Å². The van der Waals surface area contributed by atoms with Crippen molar-refractivity contribution in [2.75, 3.05) is 18.0 Å². The maximum atomic E-state index is 13.0. The highest BCUT2D eigenvalue weighted by Gasteiger charge is 2.27. The molecule has 1 aliphatic rings. The number of thiophene rings is 1. The van der Waals surface area contributed by atoms with Crippen LogP contribution in [0.2, 0.25) is 0 Å². The van der Waals surface area contributed by atoms with Gasteiger partial charge in [-0.1, -0.05) is 6.92 Å². The Morgan fingerprint density at radius 3 is 2.70 bits per heavy atom. The molecule has 0 aliphatic carbocycles. The third-order valence-corrected chi connectivity index (χ3v) is 6.16. The first kappa shape index (κ1) is 19.8. The van der Waals surface area contributed by atoms with Crippen LogP contribution in [0, 0.1) is 13.8 Å². The van der Waals surface area contributed by atoms with Crippen molar-refractivity contribution in [3.05, 3.63) is 44.1 Å². The number of fused-ring (bicyclic) bond motifs is 1. The second kappa shape index (κ2) is 8.35. The minimum atomic E-state index is -0.156. The number of amides is 2. The maximum absolute atomic E-state index is 13.0.